The van der Waals surface area contributed by atoms with E-state index < -0.39 is 0 Å². The van der Waals surface area contributed by atoms with Crippen molar-refractivity contribution < 1.29 is 9.94 Å². The maximum atomic E-state index is 9.17. The highest BCUT2D eigenvalue weighted by molar-refractivity contribution is 5.78. The molecule has 0 radical (unpaired) electrons. The molecule has 160 valence electrons. The van der Waals surface area contributed by atoms with Gasteiger partial charge in [-0.15, -0.1) is 0 Å². The second-order valence-corrected chi connectivity index (χ2v) is 7.37. The fourth-order valence-corrected chi connectivity index (χ4v) is 3.49. The van der Waals surface area contributed by atoms with Gasteiger partial charge in [-0.2, -0.15) is 0 Å². The molecule has 1 aliphatic rings. The third-order valence-electron chi connectivity index (χ3n) is 5.14. The number of hydrogen-bond acceptors (Lipinski definition) is 6. The van der Waals surface area contributed by atoms with Crippen molar-refractivity contribution in [2.45, 2.75) is 38.2 Å². The van der Waals surface area contributed by atoms with Gasteiger partial charge in [0.2, 0.25) is 0 Å². The van der Waals surface area contributed by atoms with Gasteiger partial charge >= 0.3 is 0 Å². The summed E-state index contributed by atoms with van der Waals surface area (Å²) in [5.41, 5.74) is 9.37. The lowest BCUT2D eigenvalue weighted by atomic mass is 10.1. The minimum atomic E-state index is 0.0188. The average molecular weight is 403 g/mol. The van der Waals surface area contributed by atoms with Crippen LogP contribution in [-0.2, 0) is 4.84 Å². The van der Waals surface area contributed by atoms with Crippen molar-refractivity contribution in [2.24, 2.45) is 10.3 Å². The van der Waals surface area contributed by atoms with Crippen LogP contribution in [-0.4, -0.2) is 79.6 Å². The van der Waals surface area contributed by atoms with E-state index in [9.17, 15) is 5.11 Å². The number of aliphatic hydroxyl groups is 1. The van der Waals surface area contributed by atoms with Crippen LogP contribution in [0.2, 0.25) is 0 Å². The summed E-state index contributed by atoms with van der Waals surface area (Å²) in [6.45, 7) is 6.99. The van der Waals surface area contributed by atoms with Crippen molar-refractivity contribution >= 4 is 6.21 Å². The molecule has 1 unspecified atom stereocenters. The Hall–Kier alpha value is -2.12. The second-order valence-electron chi connectivity index (χ2n) is 7.37. The van der Waals surface area contributed by atoms with E-state index in [0.717, 1.165) is 76.9 Å². The maximum absolute atomic E-state index is 9.17. The molecule has 1 aromatic carbocycles. The summed E-state index contributed by atoms with van der Waals surface area (Å²) in [4.78, 5) is 13.5. The zero-order valence-electron chi connectivity index (χ0n) is 17.3. The van der Waals surface area contributed by atoms with Crippen LogP contribution in [0, 0.1) is 0 Å². The van der Waals surface area contributed by atoms with Crippen molar-refractivity contribution in [1.29, 1.82) is 0 Å². The van der Waals surface area contributed by atoms with Gasteiger partial charge in [-0.05, 0) is 62.8 Å². The number of rotatable bonds is 13. The van der Waals surface area contributed by atoms with Crippen molar-refractivity contribution in [3.63, 3.8) is 0 Å². The van der Waals surface area contributed by atoms with E-state index in [1.54, 1.807) is 6.21 Å². The van der Waals surface area contributed by atoms with Crippen LogP contribution in [0.1, 0.15) is 37.7 Å². The lowest BCUT2D eigenvalue weighted by molar-refractivity contribution is 0.0357. The lowest BCUT2D eigenvalue weighted by Gasteiger charge is -2.23. The Kier molecular flexibility index (Phi) is 11.8. The molecule has 2 rings (SSSR count). The van der Waals surface area contributed by atoms with Crippen LogP contribution < -0.4 is 0 Å². The van der Waals surface area contributed by atoms with E-state index in [2.05, 4.69) is 25.0 Å². The Bertz CT molecular complexity index is 621. The highest BCUT2D eigenvalue weighted by Gasteiger charge is 2.17. The summed E-state index contributed by atoms with van der Waals surface area (Å²) in [6, 6.07) is 9.91. The number of hydrogen-bond donors (Lipinski definition) is 1. The maximum Gasteiger partial charge on any atom is 0.128 e. The Morgan fingerprint density at radius 3 is 2.55 bits per heavy atom. The first-order chi connectivity index (χ1) is 14.3. The van der Waals surface area contributed by atoms with Gasteiger partial charge in [0, 0.05) is 37.7 Å². The summed E-state index contributed by atoms with van der Waals surface area (Å²) in [7, 11) is 0. The first-order valence-corrected chi connectivity index (χ1v) is 10.6. The van der Waals surface area contributed by atoms with Crippen molar-refractivity contribution in [1.82, 2.24) is 9.80 Å². The van der Waals surface area contributed by atoms with Crippen LogP contribution in [0.5, 0.6) is 0 Å². The molecule has 1 fully saturated rings. The molecule has 1 heterocycles. The van der Waals surface area contributed by atoms with E-state index in [4.69, 9.17) is 10.4 Å². The van der Waals surface area contributed by atoms with Gasteiger partial charge in [0.05, 0.1) is 6.21 Å². The van der Waals surface area contributed by atoms with Gasteiger partial charge in [-0.25, -0.2) is 0 Å². The summed E-state index contributed by atoms with van der Waals surface area (Å²) in [6.07, 6.45) is 6.27. The third-order valence-corrected chi connectivity index (χ3v) is 5.14. The van der Waals surface area contributed by atoms with Crippen molar-refractivity contribution in [3.8, 4) is 0 Å². The smallest absolute Gasteiger partial charge is 0.128 e. The molecular weight excluding hydrogens is 368 g/mol. The van der Waals surface area contributed by atoms with E-state index >= 15 is 0 Å². The predicted molar refractivity (Wildman–Crippen MR) is 116 cm³/mol. The third kappa shape index (κ3) is 10.3. The zero-order valence-corrected chi connectivity index (χ0v) is 17.3. The molecule has 1 atom stereocenters. The Balaban J connectivity index is 1.73. The lowest BCUT2D eigenvalue weighted by Crippen LogP contribution is -2.33. The predicted octanol–water partition coefficient (Wildman–Crippen LogP) is 3.28. The van der Waals surface area contributed by atoms with Gasteiger partial charge in [0.15, 0.2) is 0 Å². The molecule has 1 aromatic rings. The van der Waals surface area contributed by atoms with Gasteiger partial charge in [0.25, 0.3) is 0 Å². The quantitative estimate of drug-likeness (QED) is 0.137. The minimum Gasteiger partial charge on any atom is -0.396 e. The largest absolute Gasteiger partial charge is 0.396 e. The first-order valence-electron chi connectivity index (χ1n) is 10.6. The molecule has 0 saturated carbocycles. The molecular formula is C21H34N6O2. The fraction of sp³-hybridized carbons (Fsp3) is 0.667. The van der Waals surface area contributed by atoms with Crippen LogP contribution in [0.4, 0.5) is 0 Å². The van der Waals surface area contributed by atoms with Crippen molar-refractivity contribution in [3.05, 3.63) is 46.3 Å². The monoisotopic (exact) mass is 402 g/mol. The van der Waals surface area contributed by atoms with E-state index in [-0.39, 0.29) is 12.7 Å². The molecule has 1 saturated heterocycles. The molecule has 29 heavy (non-hydrogen) atoms. The normalized spacial score (nSPS) is 17.0. The zero-order chi connectivity index (χ0) is 20.6. The standard InChI is InChI=1S/C21H34N6O2/c22-25-23-11-5-12-26-13-6-14-27(17-16-26)15-10-21(9-4-18-28)29-24-19-20-7-2-1-3-8-20/h1-3,7-8,19,21,28H,4-6,9-18H2/b24-19+. The SMILES string of the molecule is [N-]=[N+]=NCCCN1CCCN(CCC(CCCO)O/N=C/c2ccccc2)CC1. The highest BCUT2D eigenvalue weighted by atomic mass is 16.6. The summed E-state index contributed by atoms with van der Waals surface area (Å²) >= 11 is 0. The fourth-order valence-electron chi connectivity index (χ4n) is 3.49. The number of oxime groups is 1. The summed E-state index contributed by atoms with van der Waals surface area (Å²) in [5.74, 6) is 0. The highest BCUT2D eigenvalue weighted by Crippen LogP contribution is 2.11. The van der Waals surface area contributed by atoms with Gasteiger partial charge < -0.3 is 19.7 Å². The second kappa shape index (κ2) is 14.8. The molecule has 0 amide bonds. The van der Waals surface area contributed by atoms with E-state index in [1.807, 2.05) is 30.3 Å². The minimum absolute atomic E-state index is 0.0188. The van der Waals surface area contributed by atoms with E-state index in [0.29, 0.717) is 6.54 Å². The summed E-state index contributed by atoms with van der Waals surface area (Å²) < 4.78 is 0. The molecule has 0 aliphatic carbocycles. The number of azide groups is 1. The van der Waals surface area contributed by atoms with Crippen LogP contribution >= 0.6 is 0 Å². The van der Waals surface area contributed by atoms with Gasteiger partial charge in [-0.1, -0.05) is 40.6 Å². The molecule has 8 nitrogen and oxygen atoms in total. The van der Waals surface area contributed by atoms with Gasteiger partial charge in [-0.3, -0.25) is 0 Å². The first kappa shape index (κ1) is 23.2. The Labute approximate surface area is 173 Å². The van der Waals surface area contributed by atoms with Crippen LogP contribution in [0.3, 0.4) is 0 Å². The molecule has 0 spiro atoms. The van der Waals surface area contributed by atoms with Gasteiger partial charge in [0.1, 0.15) is 6.10 Å². The number of aliphatic hydroxyl groups excluding tert-OH is 1. The molecule has 0 bridgehead atoms. The topological polar surface area (TPSA) is 97.1 Å². The van der Waals surface area contributed by atoms with E-state index in [1.165, 1.54) is 0 Å². The average Bonchev–Trinajstić information content (AvgIpc) is 2.99. The van der Waals surface area contributed by atoms with Crippen molar-refractivity contribution in [2.75, 3.05) is 52.4 Å². The summed E-state index contributed by atoms with van der Waals surface area (Å²) in [5, 5.41) is 17.0. The molecule has 1 aliphatic heterocycles. The Morgan fingerprint density at radius 2 is 1.83 bits per heavy atom. The number of benzene rings is 1. The molecule has 1 N–H and O–H groups in total. The molecule has 0 aromatic heterocycles. The Morgan fingerprint density at radius 1 is 1.07 bits per heavy atom. The number of nitrogens with zero attached hydrogens (tertiary/aromatic N) is 6. The van der Waals surface area contributed by atoms with Crippen LogP contribution in [0.15, 0.2) is 40.6 Å². The van der Waals surface area contributed by atoms with Crippen LogP contribution in [0.25, 0.3) is 10.4 Å². The molecule has 8 heteroatoms.